The molecule has 0 spiro atoms. The lowest BCUT2D eigenvalue weighted by Gasteiger charge is -2.56. The first-order valence-corrected chi connectivity index (χ1v) is 6.98. The molecule has 1 saturated carbocycles. The Morgan fingerprint density at radius 1 is 1.33 bits per heavy atom. The van der Waals surface area contributed by atoms with E-state index in [2.05, 4.69) is 20.8 Å². The molecule has 0 aromatic rings. The summed E-state index contributed by atoms with van der Waals surface area (Å²) in [7, 11) is 1.62. The Morgan fingerprint density at radius 2 is 1.89 bits per heavy atom. The highest BCUT2D eigenvalue weighted by Gasteiger charge is 2.59. The van der Waals surface area contributed by atoms with Crippen LogP contribution in [-0.2, 0) is 9.47 Å². The second kappa shape index (κ2) is 5.46. The van der Waals surface area contributed by atoms with Gasteiger partial charge in [0.1, 0.15) is 6.17 Å². The summed E-state index contributed by atoms with van der Waals surface area (Å²) >= 11 is 0. The van der Waals surface area contributed by atoms with E-state index in [-0.39, 0.29) is 5.60 Å². The van der Waals surface area contributed by atoms with Crippen LogP contribution < -0.4 is 0 Å². The van der Waals surface area contributed by atoms with Crippen LogP contribution in [0, 0.1) is 17.3 Å². The number of halogens is 1. The molecule has 0 radical (unpaired) electrons. The van der Waals surface area contributed by atoms with E-state index in [0.717, 1.165) is 6.42 Å². The van der Waals surface area contributed by atoms with Crippen LogP contribution in [-0.4, -0.2) is 25.2 Å². The van der Waals surface area contributed by atoms with E-state index in [9.17, 15) is 4.39 Å². The molecule has 0 bridgehead atoms. The van der Waals surface area contributed by atoms with Crippen LogP contribution in [0.3, 0.4) is 0 Å². The molecule has 0 heterocycles. The van der Waals surface area contributed by atoms with Gasteiger partial charge in [0, 0.05) is 7.11 Å². The monoisotopic (exact) mass is 260 g/mol. The molecule has 108 valence electrons. The van der Waals surface area contributed by atoms with Crippen molar-refractivity contribution in [1.82, 2.24) is 0 Å². The maximum atomic E-state index is 14.3. The summed E-state index contributed by atoms with van der Waals surface area (Å²) in [5, 5.41) is 0. The fourth-order valence-corrected chi connectivity index (χ4v) is 3.11. The van der Waals surface area contributed by atoms with Crippen LogP contribution in [0.15, 0.2) is 0 Å². The number of alkyl halides is 1. The highest BCUT2D eigenvalue weighted by Crippen LogP contribution is 2.56. The molecule has 0 amide bonds. The third-order valence-electron chi connectivity index (χ3n) is 3.94. The van der Waals surface area contributed by atoms with Crippen LogP contribution in [0.2, 0.25) is 0 Å². The first-order valence-electron chi connectivity index (χ1n) is 6.98. The number of hydrogen-bond donors (Lipinski definition) is 0. The lowest BCUT2D eigenvalue weighted by atomic mass is 9.55. The summed E-state index contributed by atoms with van der Waals surface area (Å²) in [6.45, 7) is 12.3. The van der Waals surface area contributed by atoms with Crippen molar-refractivity contribution < 1.29 is 13.9 Å². The number of methoxy groups -OCH3 is 1. The van der Waals surface area contributed by atoms with Gasteiger partial charge in [0.05, 0.1) is 11.0 Å². The van der Waals surface area contributed by atoms with Gasteiger partial charge in [-0.3, -0.25) is 0 Å². The normalized spacial score (nSPS) is 34.5. The summed E-state index contributed by atoms with van der Waals surface area (Å²) in [5.41, 5.74) is -0.796. The van der Waals surface area contributed by atoms with Crippen molar-refractivity contribution in [2.45, 2.75) is 72.4 Å². The van der Waals surface area contributed by atoms with Gasteiger partial charge in [0.25, 0.3) is 0 Å². The van der Waals surface area contributed by atoms with Crippen LogP contribution in [0.1, 0.15) is 54.4 Å². The van der Waals surface area contributed by atoms with Crippen molar-refractivity contribution in [1.29, 1.82) is 0 Å². The third-order valence-corrected chi connectivity index (χ3v) is 3.94. The quantitative estimate of drug-likeness (QED) is 0.690. The zero-order valence-electron chi connectivity index (χ0n) is 12.9. The molecule has 1 aliphatic carbocycles. The van der Waals surface area contributed by atoms with Crippen molar-refractivity contribution in [3.05, 3.63) is 0 Å². The molecule has 1 rings (SSSR count). The van der Waals surface area contributed by atoms with Gasteiger partial charge in [0.2, 0.25) is 0 Å². The predicted octanol–water partition coefficient (Wildman–Crippen LogP) is 4.18. The van der Waals surface area contributed by atoms with Gasteiger partial charge in [-0.1, -0.05) is 20.8 Å². The van der Waals surface area contributed by atoms with E-state index in [1.807, 2.05) is 20.8 Å². The Morgan fingerprint density at radius 3 is 2.17 bits per heavy atom. The largest absolute Gasteiger partial charge is 0.355 e. The molecule has 0 aliphatic heterocycles. The molecule has 0 saturated heterocycles. The highest BCUT2D eigenvalue weighted by atomic mass is 19.1. The molecule has 3 heteroatoms. The van der Waals surface area contributed by atoms with Gasteiger partial charge in [-0.05, 0) is 45.4 Å². The minimum absolute atomic E-state index is 0.308. The summed E-state index contributed by atoms with van der Waals surface area (Å²) in [6.07, 6.45) is 0.158. The van der Waals surface area contributed by atoms with Crippen molar-refractivity contribution in [3.63, 3.8) is 0 Å². The molecule has 4 atom stereocenters. The number of rotatable bonds is 5. The van der Waals surface area contributed by atoms with Crippen LogP contribution >= 0.6 is 0 Å². The Hall–Kier alpha value is -0.150. The predicted molar refractivity (Wildman–Crippen MR) is 72.2 cm³/mol. The van der Waals surface area contributed by atoms with Gasteiger partial charge in [-0.15, -0.1) is 0 Å². The zero-order valence-corrected chi connectivity index (χ0v) is 12.9. The van der Waals surface area contributed by atoms with E-state index >= 15 is 0 Å². The molecule has 0 aromatic carbocycles. The molecular weight excluding hydrogens is 231 g/mol. The minimum Gasteiger partial charge on any atom is -0.355 e. The number of ether oxygens (including phenoxy) is 2. The lowest BCUT2D eigenvalue weighted by molar-refractivity contribution is -0.296. The van der Waals surface area contributed by atoms with Gasteiger partial charge in [-0.2, -0.15) is 0 Å². The first kappa shape index (κ1) is 15.9. The second-order valence-corrected chi connectivity index (χ2v) is 7.11. The zero-order chi connectivity index (χ0) is 14.1. The van der Waals surface area contributed by atoms with Gasteiger partial charge >= 0.3 is 0 Å². The fourth-order valence-electron chi connectivity index (χ4n) is 3.11. The summed E-state index contributed by atoms with van der Waals surface area (Å²) in [5.74, 6) is 0.745. The van der Waals surface area contributed by atoms with E-state index in [1.54, 1.807) is 7.11 Å². The smallest absolute Gasteiger partial charge is 0.166 e. The SMILES string of the molecule is CO[C@H](OC(C)(C)C)C1(CC(C)C)C(C)CC1F. The van der Waals surface area contributed by atoms with Crippen molar-refractivity contribution >= 4 is 0 Å². The van der Waals surface area contributed by atoms with Crippen molar-refractivity contribution in [3.8, 4) is 0 Å². The van der Waals surface area contributed by atoms with Crippen LogP contribution in [0.4, 0.5) is 4.39 Å². The Balaban J connectivity index is 2.94. The van der Waals surface area contributed by atoms with Gasteiger partial charge < -0.3 is 9.47 Å². The Bertz CT molecular complexity index is 262. The third kappa shape index (κ3) is 3.05. The number of hydrogen-bond acceptors (Lipinski definition) is 2. The average Bonchev–Trinajstić information content (AvgIpc) is 2.21. The fraction of sp³-hybridized carbons (Fsp3) is 1.00. The molecule has 3 unspecified atom stereocenters. The Labute approximate surface area is 111 Å². The van der Waals surface area contributed by atoms with Gasteiger partial charge in [0.15, 0.2) is 6.29 Å². The molecule has 18 heavy (non-hydrogen) atoms. The maximum absolute atomic E-state index is 14.3. The minimum atomic E-state index is -0.817. The van der Waals surface area contributed by atoms with E-state index in [1.165, 1.54) is 0 Å². The molecule has 0 aromatic heterocycles. The van der Waals surface area contributed by atoms with Crippen LogP contribution in [0.25, 0.3) is 0 Å². The van der Waals surface area contributed by atoms with Crippen LogP contribution in [0.5, 0.6) is 0 Å². The van der Waals surface area contributed by atoms with E-state index in [0.29, 0.717) is 18.3 Å². The summed E-state index contributed by atoms with van der Waals surface area (Å²) in [4.78, 5) is 0. The highest BCUT2D eigenvalue weighted by molar-refractivity contribution is 5.04. The molecule has 1 fully saturated rings. The van der Waals surface area contributed by atoms with Gasteiger partial charge in [-0.25, -0.2) is 4.39 Å². The van der Waals surface area contributed by atoms with Crippen molar-refractivity contribution in [2.75, 3.05) is 7.11 Å². The topological polar surface area (TPSA) is 18.5 Å². The Kier molecular flexibility index (Phi) is 4.82. The second-order valence-electron chi connectivity index (χ2n) is 7.11. The molecule has 1 aliphatic rings. The molecule has 2 nitrogen and oxygen atoms in total. The molecular formula is C15H29FO2. The lowest BCUT2D eigenvalue weighted by Crippen LogP contribution is -2.60. The van der Waals surface area contributed by atoms with Crippen molar-refractivity contribution in [2.24, 2.45) is 17.3 Å². The van der Waals surface area contributed by atoms with E-state index in [4.69, 9.17) is 9.47 Å². The maximum Gasteiger partial charge on any atom is 0.166 e. The standard InChI is InChI=1S/C15H29FO2/c1-10(2)9-15(11(3)8-12(15)16)13(17-7)18-14(4,5)6/h10-13H,8-9H2,1-7H3/t11?,12?,13-,15?/m1/s1. The average molecular weight is 260 g/mol. The summed E-state index contributed by atoms with van der Waals surface area (Å²) in [6, 6.07) is 0. The summed E-state index contributed by atoms with van der Waals surface area (Å²) < 4.78 is 25.8. The molecule has 0 N–H and O–H groups in total. The van der Waals surface area contributed by atoms with E-state index < -0.39 is 17.9 Å². The first-order chi connectivity index (χ1) is 8.13.